The summed E-state index contributed by atoms with van der Waals surface area (Å²) in [6.45, 7) is 5.95. The fourth-order valence-electron chi connectivity index (χ4n) is 4.26. The zero-order chi connectivity index (χ0) is 20.9. The van der Waals surface area contributed by atoms with Gasteiger partial charge in [0.05, 0.1) is 6.04 Å². The molecule has 0 radical (unpaired) electrons. The summed E-state index contributed by atoms with van der Waals surface area (Å²) in [5.41, 5.74) is 1.23. The quantitative estimate of drug-likeness (QED) is 0.605. The molecule has 3 aromatic rings. The highest BCUT2D eigenvalue weighted by molar-refractivity contribution is 5.76. The first-order valence-electron chi connectivity index (χ1n) is 10.7. The Bertz CT molecular complexity index is 955. The molecule has 1 saturated heterocycles. The molecule has 1 aliphatic rings. The van der Waals surface area contributed by atoms with Crippen LogP contribution in [0, 0.1) is 0 Å². The number of hydrogen-bond acceptors (Lipinski definition) is 4. The van der Waals surface area contributed by atoms with Crippen molar-refractivity contribution in [3.8, 4) is 0 Å². The summed E-state index contributed by atoms with van der Waals surface area (Å²) in [6.07, 6.45) is 9.01. The fourth-order valence-corrected chi connectivity index (χ4v) is 4.26. The van der Waals surface area contributed by atoms with Gasteiger partial charge in [0.15, 0.2) is 0 Å². The Kier molecular flexibility index (Phi) is 6.28. The fraction of sp³-hybridized carbons (Fsp3) is 0.435. The maximum absolute atomic E-state index is 12.8. The molecule has 1 atom stereocenters. The Morgan fingerprint density at radius 2 is 1.77 bits per heavy atom. The second-order valence-corrected chi connectivity index (χ2v) is 7.77. The van der Waals surface area contributed by atoms with E-state index >= 15 is 0 Å². The van der Waals surface area contributed by atoms with Gasteiger partial charge in [0, 0.05) is 77.4 Å². The molecule has 0 spiro atoms. The molecule has 158 valence electrons. The third kappa shape index (κ3) is 4.31. The topological polar surface area (TPSA) is 59.2 Å². The summed E-state index contributed by atoms with van der Waals surface area (Å²) in [6, 6.07) is 10.6. The van der Waals surface area contributed by atoms with Crippen molar-refractivity contribution in [2.45, 2.75) is 32.4 Å². The normalized spacial score (nSPS) is 16.0. The standard InChI is InChI=1S/C23H30N6O/c1-3-20-24-11-14-27(20)12-9-21(30)28-15-17-29(18-16-28)22(19-7-5-4-6-8-19)23-25-10-13-26(23)2/h4-8,10-11,13-14,22H,3,9,12,15-18H2,1-2H3/t22-/m1/s1. The number of nitrogens with zero attached hydrogens (tertiary/aromatic N) is 6. The highest BCUT2D eigenvalue weighted by Crippen LogP contribution is 2.28. The molecule has 0 aliphatic carbocycles. The van der Waals surface area contributed by atoms with Crippen molar-refractivity contribution in [1.29, 1.82) is 0 Å². The lowest BCUT2D eigenvalue weighted by atomic mass is 10.0. The zero-order valence-electron chi connectivity index (χ0n) is 17.8. The number of benzene rings is 1. The van der Waals surface area contributed by atoms with Crippen molar-refractivity contribution >= 4 is 5.91 Å². The number of rotatable bonds is 7. The number of piperazine rings is 1. The molecule has 1 amide bonds. The van der Waals surface area contributed by atoms with E-state index in [1.165, 1.54) is 5.56 Å². The average molecular weight is 407 g/mol. The van der Waals surface area contributed by atoms with E-state index in [-0.39, 0.29) is 11.9 Å². The number of aryl methyl sites for hydroxylation is 3. The van der Waals surface area contributed by atoms with Crippen molar-refractivity contribution in [2.75, 3.05) is 26.2 Å². The van der Waals surface area contributed by atoms with Crippen LogP contribution in [-0.4, -0.2) is 61.0 Å². The van der Waals surface area contributed by atoms with E-state index < -0.39 is 0 Å². The van der Waals surface area contributed by atoms with E-state index in [0.717, 1.165) is 44.2 Å². The smallest absolute Gasteiger partial charge is 0.224 e. The molecular weight excluding hydrogens is 376 g/mol. The highest BCUT2D eigenvalue weighted by atomic mass is 16.2. The van der Waals surface area contributed by atoms with E-state index in [4.69, 9.17) is 0 Å². The number of hydrogen-bond donors (Lipinski definition) is 0. The van der Waals surface area contributed by atoms with E-state index in [9.17, 15) is 4.79 Å². The molecule has 0 saturated carbocycles. The van der Waals surface area contributed by atoms with Crippen LogP contribution in [-0.2, 0) is 24.8 Å². The van der Waals surface area contributed by atoms with Crippen LogP contribution in [0.2, 0.25) is 0 Å². The SMILES string of the molecule is CCc1nccn1CCC(=O)N1CCN([C@H](c2ccccc2)c2nccn2C)CC1. The van der Waals surface area contributed by atoms with Gasteiger partial charge in [-0.05, 0) is 5.56 Å². The molecule has 1 fully saturated rings. The maximum atomic E-state index is 12.8. The van der Waals surface area contributed by atoms with Gasteiger partial charge in [0.1, 0.15) is 11.6 Å². The van der Waals surface area contributed by atoms with E-state index in [1.807, 2.05) is 42.8 Å². The van der Waals surface area contributed by atoms with E-state index in [2.05, 4.69) is 55.2 Å². The third-order valence-electron chi connectivity index (χ3n) is 5.93. The molecule has 1 aromatic carbocycles. The van der Waals surface area contributed by atoms with Crippen LogP contribution in [0.4, 0.5) is 0 Å². The van der Waals surface area contributed by atoms with E-state index in [1.54, 1.807) is 0 Å². The minimum Gasteiger partial charge on any atom is -0.340 e. The van der Waals surface area contributed by atoms with Crippen LogP contribution >= 0.6 is 0 Å². The number of carbonyl (C=O) groups excluding carboxylic acids is 1. The van der Waals surface area contributed by atoms with Gasteiger partial charge in [-0.2, -0.15) is 0 Å². The number of carbonyl (C=O) groups is 1. The third-order valence-corrected chi connectivity index (χ3v) is 5.93. The average Bonchev–Trinajstić information content (AvgIpc) is 3.42. The van der Waals surface area contributed by atoms with Gasteiger partial charge in [0.25, 0.3) is 0 Å². The summed E-state index contributed by atoms with van der Waals surface area (Å²) >= 11 is 0. The number of imidazole rings is 2. The molecule has 30 heavy (non-hydrogen) atoms. The first kappa shape index (κ1) is 20.3. The van der Waals surface area contributed by atoms with Crippen molar-refractivity contribution < 1.29 is 4.79 Å². The summed E-state index contributed by atoms with van der Waals surface area (Å²) in [4.78, 5) is 26.2. The van der Waals surface area contributed by atoms with Gasteiger partial charge < -0.3 is 14.0 Å². The van der Waals surface area contributed by atoms with Gasteiger partial charge in [-0.3, -0.25) is 9.69 Å². The Labute approximate surface area is 178 Å². The molecule has 1 aliphatic heterocycles. The highest BCUT2D eigenvalue weighted by Gasteiger charge is 2.30. The molecule has 0 bridgehead atoms. The van der Waals surface area contributed by atoms with Gasteiger partial charge >= 0.3 is 0 Å². The summed E-state index contributed by atoms with van der Waals surface area (Å²) in [5.74, 6) is 2.29. The minimum atomic E-state index is 0.0986. The van der Waals surface area contributed by atoms with Gasteiger partial charge in [0.2, 0.25) is 5.91 Å². The lowest BCUT2D eigenvalue weighted by molar-refractivity contribution is -0.133. The van der Waals surface area contributed by atoms with Crippen molar-refractivity contribution in [3.05, 3.63) is 72.3 Å². The molecular formula is C23H30N6O. The van der Waals surface area contributed by atoms with Crippen molar-refractivity contribution in [1.82, 2.24) is 28.9 Å². The second-order valence-electron chi connectivity index (χ2n) is 7.77. The van der Waals surface area contributed by atoms with E-state index in [0.29, 0.717) is 13.0 Å². The largest absolute Gasteiger partial charge is 0.340 e. The van der Waals surface area contributed by atoms with Gasteiger partial charge in [-0.25, -0.2) is 9.97 Å². The lowest BCUT2D eigenvalue weighted by Gasteiger charge is -2.39. The first-order valence-corrected chi connectivity index (χ1v) is 10.7. The molecule has 0 N–H and O–H groups in total. The molecule has 7 nitrogen and oxygen atoms in total. The lowest BCUT2D eigenvalue weighted by Crippen LogP contribution is -2.50. The molecule has 0 unspecified atom stereocenters. The Morgan fingerprint density at radius 1 is 1.03 bits per heavy atom. The molecule has 7 heteroatoms. The van der Waals surface area contributed by atoms with Crippen LogP contribution in [0.25, 0.3) is 0 Å². The first-order chi connectivity index (χ1) is 14.7. The maximum Gasteiger partial charge on any atom is 0.224 e. The molecule has 3 heterocycles. The minimum absolute atomic E-state index is 0.0986. The van der Waals surface area contributed by atoms with Gasteiger partial charge in [-0.15, -0.1) is 0 Å². The molecule has 2 aromatic heterocycles. The molecule has 4 rings (SSSR count). The van der Waals surface area contributed by atoms with Crippen molar-refractivity contribution in [3.63, 3.8) is 0 Å². The Hall–Kier alpha value is -2.93. The van der Waals surface area contributed by atoms with Crippen LogP contribution < -0.4 is 0 Å². The van der Waals surface area contributed by atoms with Crippen LogP contribution in [0.15, 0.2) is 55.1 Å². The summed E-state index contributed by atoms with van der Waals surface area (Å²) in [7, 11) is 2.04. The Morgan fingerprint density at radius 3 is 2.43 bits per heavy atom. The zero-order valence-corrected chi connectivity index (χ0v) is 17.8. The summed E-state index contributed by atoms with van der Waals surface area (Å²) < 4.78 is 4.17. The predicted molar refractivity (Wildman–Crippen MR) is 116 cm³/mol. The summed E-state index contributed by atoms with van der Waals surface area (Å²) in [5, 5.41) is 0. The van der Waals surface area contributed by atoms with Crippen molar-refractivity contribution in [2.24, 2.45) is 7.05 Å². The number of aromatic nitrogens is 4. The monoisotopic (exact) mass is 406 g/mol. The van der Waals surface area contributed by atoms with Gasteiger partial charge in [-0.1, -0.05) is 37.3 Å². The van der Waals surface area contributed by atoms with Crippen LogP contribution in [0.1, 0.15) is 36.6 Å². The predicted octanol–water partition coefficient (Wildman–Crippen LogP) is 2.50. The van der Waals surface area contributed by atoms with Crippen LogP contribution in [0.3, 0.4) is 0 Å². The van der Waals surface area contributed by atoms with Crippen LogP contribution in [0.5, 0.6) is 0 Å². The number of amides is 1. The second kappa shape index (κ2) is 9.26. The Balaban J connectivity index is 1.40.